The van der Waals surface area contributed by atoms with E-state index in [-0.39, 0.29) is 30.9 Å². The van der Waals surface area contributed by atoms with Crippen LogP contribution in [0.2, 0.25) is 0 Å². The Balaban J connectivity index is 1.91. The lowest BCUT2D eigenvalue weighted by atomic mass is 10.0. The number of anilines is 1. The van der Waals surface area contributed by atoms with E-state index in [4.69, 9.17) is 4.89 Å². The Kier molecular flexibility index (Phi) is 11.5. The lowest BCUT2D eigenvalue weighted by molar-refractivity contribution is -0.289. The zero-order valence-corrected chi connectivity index (χ0v) is 20.4. The molecule has 3 N–H and O–H groups in total. The summed E-state index contributed by atoms with van der Waals surface area (Å²) < 4.78 is 82.8. The average Bonchev–Trinajstić information content (AvgIpc) is 2.79. The lowest BCUT2D eigenvalue weighted by Gasteiger charge is -2.24. The second kappa shape index (κ2) is 13.8. The van der Waals surface area contributed by atoms with Crippen molar-refractivity contribution in [1.82, 2.24) is 5.32 Å². The molecule has 0 bridgehead atoms. The van der Waals surface area contributed by atoms with Gasteiger partial charge in [-0.3, -0.25) is 0 Å². The number of nitrogens with one attached hydrogen (secondary N) is 2. The summed E-state index contributed by atoms with van der Waals surface area (Å²) >= 11 is 0. The molecule has 0 fully saturated rings. The molecular weight excluding hydrogens is 490 g/mol. The summed E-state index contributed by atoms with van der Waals surface area (Å²) in [6, 6.07) is 11.8. The van der Waals surface area contributed by atoms with Crippen LogP contribution in [0.15, 0.2) is 42.5 Å². The van der Waals surface area contributed by atoms with E-state index in [0.29, 0.717) is 19.4 Å². The molecule has 0 aliphatic rings. The molecule has 0 saturated carbocycles. The first-order valence-corrected chi connectivity index (χ1v) is 12.5. The van der Waals surface area contributed by atoms with E-state index in [0.717, 1.165) is 25.3 Å². The minimum absolute atomic E-state index is 0.0178. The van der Waals surface area contributed by atoms with Gasteiger partial charge >= 0.3 is 20.4 Å². The molecular formula is C24H31F5N2O3P+. The smallest absolute Gasteiger partial charge is 0.385 e. The molecule has 0 aromatic heterocycles. The maximum Gasteiger partial charge on any atom is 0.694 e. The van der Waals surface area contributed by atoms with E-state index in [9.17, 15) is 26.5 Å². The van der Waals surface area contributed by atoms with E-state index >= 15 is 0 Å². The molecule has 0 saturated heterocycles. The second-order valence-corrected chi connectivity index (χ2v) is 9.01. The fourth-order valence-electron chi connectivity index (χ4n) is 3.45. The molecule has 0 spiro atoms. The first kappa shape index (κ1) is 29.1. The normalized spacial score (nSPS) is 12.6. The topological polar surface area (TPSA) is 70.6 Å². The Morgan fingerprint density at radius 3 is 2.26 bits per heavy atom. The number of halogens is 5. The maximum absolute atomic E-state index is 14.3. The van der Waals surface area contributed by atoms with Gasteiger partial charge in [0.2, 0.25) is 0 Å². The van der Waals surface area contributed by atoms with Gasteiger partial charge in [-0.2, -0.15) is 22.0 Å². The van der Waals surface area contributed by atoms with E-state index in [2.05, 4.69) is 27.3 Å². The molecule has 2 aromatic carbocycles. The lowest BCUT2D eigenvalue weighted by Crippen LogP contribution is -2.34. The third-order valence-electron chi connectivity index (χ3n) is 5.39. The molecule has 11 heteroatoms. The minimum Gasteiger partial charge on any atom is -0.385 e. The van der Waals surface area contributed by atoms with Crippen molar-refractivity contribution in [3.05, 3.63) is 64.7 Å². The highest BCUT2D eigenvalue weighted by atomic mass is 31.1. The second-order valence-electron chi connectivity index (χ2n) is 8.28. The van der Waals surface area contributed by atoms with Crippen molar-refractivity contribution < 1.29 is 35.9 Å². The molecule has 0 heterocycles. The summed E-state index contributed by atoms with van der Waals surface area (Å²) in [5, 5.41) is 5.64. The van der Waals surface area contributed by atoms with Crippen molar-refractivity contribution in [3.8, 4) is 0 Å². The molecule has 0 radical (unpaired) electrons. The first-order chi connectivity index (χ1) is 16.5. The van der Waals surface area contributed by atoms with Crippen LogP contribution in [-0.2, 0) is 28.0 Å². The van der Waals surface area contributed by atoms with Crippen LogP contribution in [0.1, 0.15) is 47.9 Å². The molecule has 35 heavy (non-hydrogen) atoms. The minimum atomic E-state index is -5.72. The van der Waals surface area contributed by atoms with Gasteiger partial charge in [0, 0.05) is 23.3 Å². The third-order valence-corrected chi connectivity index (χ3v) is 5.79. The fraction of sp³-hybridized carbons (Fsp3) is 0.500. The van der Waals surface area contributed by atoms with Crippen molar-refractivity contribution in [3.63, 3.8) is 0 Å². The van der Waals surface area contributed by atoms with Crippen LogP contribution in [0.25, 0.3) is 0 Å². The van der Waals surface area contributed by atoms with Gasteiger partial charge in [-0.15, -0.1) is 9.42 Å². The van der Waals surface area contributed by atoms with Crippen LogP contribution in [0, 0.1) is 6.92 Å². The number of alkyl halides is 5. The predicted octanol–water partition coefficient (Wildman–Crippen LogP) is 6.62. The fourth-order valence-corrected chi connectivity index (χ4v) is 3.73. The Hall–Kier alpha value is -2.13. The average molecular weight is 521 g/mol. The molecule has 2 aromatic rings. The van der Waals surface area contributed by atoms with Gasteiger partial charge in [0.05, 0.1) is 5.56 Å². The van der Waals surface area contributed by atoms with Crippen molar-refractivity contribution in [2.75, 3.05) is 25.0 Å². The van der Waals surface area contributed by atoms with Gasteiger partial charge in [-0.05, 0) is 62.4 Å². The Bertz CT molecular complexity index is 940. The summed E-state index contributed by atoms with van der Waals surface area (Å²) in [5.41, 5.74) is 1.30. The SMILES string of the molecule is Cc1ccc(CCCCCNc2ccc(CNCCCO[P+](=O)O)cc2C(F)(F)C(F)(F)F)cc1. The summed E-state index contributed by atoms with van der Waals surface area (Å²) in [5.74, 6) is -5.00. The van der Waals surface area contributed by atoms with Crippen molar-refractivity contribution in [2.45, 2.75) is 57.7 Å². The van der Waals surface area contributed by atoms with Gasteiger partial charge in [0.25, 0.3) is 0 Å². The Labute approximate surface area is 203 Å². The Morgan fingerprint density at radius 1 is 0.914 bits per heavy atom. The number of hydrogen-bond donors (Lipinski definition) is 3. The standard InChI is InChI=1S/C24H30F5N2O3P/c1-18-7-9-19(10-8-18)6-3-2-4-14-31-22-12-11-20(17-30-13-5-15-34-35(32)33)16-21(22)23(25,26)24(27,28)29/h7-12,16,30-31H,2-6,13-15,17H2,1H3/p+1. The quantitative estimate of drug-likeness (QED) is 0.140. The largest absolute Gasteiger partial charge is 0.694 e. The predicted molar refractivity (Wildman–Crippen MR) is 126 cm³/mol. The molecule has 1 unspecified atom stereocenters. The molecule has 5 nitrogen and oxygen atoms in total. The van der Waals surface area contributed by atoms with Crippen molar-refractivity contribution in [2.24, 2.45) is 0 Å². The van der Waals surface area contributed by atoms with Crippen molar-refractivity contribution in [1.29, 1.82) is 0 Å². The summed E-state index contributed by atoms with van der Waals surface area (Å²) in [4.78, 5) is 8.54. The summed E-state index contributed by atoms with van der Waals surface area (Å²) in [6.07, 6.45) is -2.14. The Morgan fingerprint density at radius 2 is 1.60 bits per heavy atom. The highest BCUT2D eigenvalue weighted by Crippen LogP contribution is 2.46. The van der Waals surface area contributed by atoms with Gasteiger partial charge < -0.3 is 10.6 Å². The van der Waals surface area contributed by atoms with Crippen LogP contribution in [0.3, 0.4) is 0 Å². The molecule has 2 rings (SSSR count). The number of benzene rings is 2. The van der Waals surface area contributed by atoms with Crippen LogP contribution < -0.4 is 10.6 Å². The van der Waals surface area contributed by atoms with Crippen molar-refractivity contribution >= 4 is 13.9 Å². The van der Waals surface area contributed by atoms with Crippen LogP contribution in [0.4, 0.5) is 27.6 Å². The van der Waals surface area contributed by atoms with E-state index < -0.39 is 25.9 Å². The molecule has 0 amide bonds. The van der Waals surface area contributed by atoms with E-state index in [1.807, 2.05) is 19.1 Å². The summed E-state index contributed by atoms with van der Waals surface area (Å²) in [7, 11) is -2.69. The van der Waals surface area contributed by atoms with Gasteiger partial charge in [0.1, 0.15) is 6.61 Å². The molecule has 0 aliphatic heterocycles. The highest BCUT2D eigenvalue weighted by molar-refractivity contribution is 7.32. The third kappa shape index (κ3) is 9.80. The zero-order chi connectivity index (χ0) is 25.9. The monoisotopic (exact) mass is 521 g/mol. The first-order valence-electron chi connectivity index (χ1n) is 11.4. The van der Waals surface area contributed by atoms with Crippen LogP contribution in [0.5, 0.6) is 0 Å². The molecule has 0 aliphatic carbocycles. The van der Waals surface area contributed by atoms with Gasteiger partial charge in [-0.25, -0.2) is 0 Å². The number of rotatable bonds is 15. The molecule has 1 atom stereocenters. The van der Waals surface area contributed by atoms with Gasteiger partial charge in [-0.1, -0.05) is 42.3 Å². The maximum atomic E-state index is 14.3. The van der Waals surface area contributed by atoms with Crippen LogP contribution in [-0.4, -0.2) is 30.8 Å². The van der Waals surface area contributed by atoms with E-state index in [1.54, 1.807) is 0 Å². The number of hydrogen-bond acceptors (Lipinski definition) is 4. The number of aryl methyl sites for hydroxylation is 2. The zero-order valence-electron chi connectivity index (χ0n) is 19.5. The number of unbranched alkanes of at least 4 members (excludes halogenated alkanes) is 2. The molecule has 194 valence electrons. The summed E-state index contributed by atoms with van der Waals surface area (Å²) in [6.45, 7) is 2.70. The van der Waals surface area contributed by atoms with Gasteiger partial charge in [0.15, 0.2) is 0 Å². The highest BCUT2D eigenvalue weighted by Gasteiger charge is 2.59. The van der Waals surface area contributed by atoms with E-state index in [1.165, 1.54) is 23.3 Å². The van der Waals surface area contributed by atoms with Crippen LogP contribution >= 0.6 is 8.25 Å².